The highest BCUT2D eigenvalue weighted by molar-refractivity contribution is 5.44. The molecule has 2 aromatic rings. The minimum absolute atomic E-state index is 0.0541. The summed E-state index contributed by atoms with van der Waals surface area (Å²) in [5.41, 5.74) is 10.3. The molecule has 0 bridgehead atoms. The van der Waals surface area contributed by atoms with E-state index in [1.54, 1.807) is 0 Å². The van der Waals surface area contributed by atoms with Crippen molar-refractivity contribution in [1.29, 1.82) is 0 Å². The van der Waals surface area contributed by atoms with Crippen molar-refractivity contribution in [3.8, 4) is 5.75 Å². The Morgan fingerprint density at radius 2 is 1.65 bits per heavy atom. The molecule has 1 atom stereocenters. The van der Waals surface area contributed by atoms with Crippen LogP contribution < -0.4 is 10.5 Å². The first-order chi connectivity index (χ1) is 10.8. The molecule has 0 heterocycles. The van der Waals surface area contributed by atoms with Crippen LogP contribution in [0.1, 0.15) is 42.1 Å². The van der Waals surface area contributed by atoms with Crippen molar-refractivity contribution in [2.75, 3.05) is 6.61 Å². The molecule has 23 heavy (non-hydrogen) atoms. The van der Waals surface area contributed by atoms with Crippen LogP contribution in [0.5, 0.6) is 5.75 Å². The fourth-order valence-corrected chi connectivity index (χ4v) is 2.67. The zero-order valence-corrected chi connectivity index (χ0v) is 14.5. The summed E-state index contributed by atoms with van der Waals surface area (Å²) >= 11 is 0. The Morgan fingerprint density at radius 3 is 2.17 bits per heavy atom. The van der Waals surface area contributed by atoms with Crippen LogP contribution in [0.2, 0.25) is 0 Å². The second-order valence-corrected chi connectivity index (χ2v) is 6.88. The molecule has 0 spiro atoms. The second-order valence-electron chi connectivity index (χ2n) is 6.88. The number of nitrogens with two attached hydrogens (primary N) is 1. The Balaban J connectivity index is 2.20. The van der Waals surface area contributed by atoms with Gasteiger partial charge in [-0.25, -0.2) is 0 Å². The van der Waals surface area contributed by atoms with Crippen LogP contribution in [0.3, 0.4) is 0 Å². The van der Waals surface area contributed by atoms with E-state index in [0.717, 1.165) is 28.0 Å². The molecule has 3 nitrogen and oxygen atoms in total. The van der Waals surface area contributed by atoms with Crippen molar-refractivity contribution < 1.29 is 9.84 Å². The number of rotatable bonds is 6. The van der Waals surface area contributed by atoms with Gasteiger partial charge in [0.05, 0.1) is 0 Å². The minimum atomic E-state index is -0.356. The molecule has 0 aliphatic rings. The summed E-state index contributed by atoms with van der Waals surface area (Å²) in [6, 6.07) is 14.0. The normalized spacial score (nSPS) is 13.0. The van der Waals surface area contributed by atoms with Gasteiger partial charge in [0, 0.05) is 18.1 Å². The molecule has 0 saturated heterocycles. The van der Waals surface area contributed by atoms with Gasteiger partial charge in [-0.3, -0.25) is 0 Å². The first-order valence-electron chi connectivity index (χ1n) is 7.99. The van der Waals surface area contributed by atoms with Gasteiger partial charge in [-0.2, -0.15) is 0 Å². The molecule has 3 heteroatoms. The summed E-state index contributed by atoms with van der Waals surface area (Å²) in [7, 11) is 0. The van der Waals surface area contributed by atoms with E-state index < -0.39 is 0 Å². The molecule has 124 valence electrons. The number of hydrogen-bond acceptors (Lipinski definition) is 3. The first kappa shape index (κ1) is 17.5. The van der Waals surface area contributed by atoms with Crippen LogP contribution >= 0.6 is 0 Å². The molecule has 0 fully saturated rings. The van der Waals surface area contributed by atoms with Gasteiger partial charge in [0.15, 0.2) is 0 Å². The number of aliphatic hydroxyl groups excluding tert-OH is 1. The maximum Gasteiger partial charge on any atom is 0.125 e. The highest BCUT2D eigenvalue weighted by Gasteiger charge is 2.27. The quantitative estimate of drug-likeness (QED) is 0.850. The van der Waals surface area contributed by atoms with Crippen LogP contribution in [0.25, 0.3) is 0 Å². The summed E-state index contributed by atoms with van der Waals surface area (Å²) in [5.74, 6) is 0.909. The van der Waals surface area contributed by atoms with Gasteiger partial charge in [0.1, 0.15) is 12.4 Å². The molecule has 0 aliphatic carbocycles. The highest BCUT2D eigenvalue weighted by atomic mass is 16.5. The van der Waals surface area contributed by atoms with Gasteiger partial charge in [-0.05, 0) is 36.1 Å². The summed E-state index contributed by atoms with van der Waals surface area (Å²) in [4.78, 5) is 0. The molecule has 0 amide bonds. The monoisotopic (exact) mass is 313 g/mol. The van der Waals surface area contributed by atoms with Gasteiger partial charge >= 0.3 is 0 Å². The van der Waals surface area contributed by atoms with Crippen molar-refractivity contribution in [3.05, 3.63) is 64.7 Å². The molecule has 2 aromatic carbocycles. The molecule has 2 rings (SSSR count). The molecule has 0 aliphatic heterocycles. The minimum Gasteiger partial charge on any atom is -0.488 e. The van der Waals surface area contributed by atoms with Gasteiger partial charge in [-0.15, -0.1) is 0 Å². The Bertz CT molecular complexity index is 627. The predicted octanol–water partition coefficient (Wildman–Crippen LogP) is 3.90. The Kier molecular flexibility index (Phi) is 5.45. The van der Waals surface area contributed by atoms with E-state index in [9.17, 15) is 5.11 Å². The Morgan fingerprint density at radius 1 is 1.09 bits per heavy atom. The van der Waals surface area contributed by atoms with E-state index in [-0.39, 0.29) is 18.1 Å². The first-order valence-corrected chi connectivity index (χ1v) is 7.99. The van der Waals surface area contributed by atoms with Crippen LogP contribution in [-0.4, -0.2) is 11.7 Å². The average molecular weight is 313 g/mol. The highest BCUT2D eigenvalue weighted by Crippen LogP contribution is 2.34. The summed E-state index contributed by atoms with van der Waals surface area (Å²) in [6.45, 7) is 8.63. The molecule has 0 aromatic heterocycles. The van der Waals surface area contributed by atoms with E-state index in [1.165, 1.54) is 0 Å². The second kappa shape index (κ2) is 7.16. The topological polar surface area (TPSA) is 55.5 Å². The molecule has 0 radical (unpaired) electrons. The number of benzene rings is 2. The molecular formula is C20H27NO2. The van der Waals surface area contributed by atoms with Gasteiger partial charge < -0.3 is 15.6 Å². The molecule has 0 unspecified atom stereocenters. The number of hydrogen-bond donors (Lipinski definition) is 2. The lowest BCUT2D eigenvalue weighted by Gasteiger charge is -2.30. The Labute approximate surface area is 139 Å². The lowest BCUT2D eigenvalue weighted by molar-refractivity contribution is 0.132. The zero-order valence-electron chi connectivity index (χ0n) is 14.5. The van der Waals surface area contributed by atoms with Gasteiger partial charge in [-0.1, -0.05) is 56.3 Å². The van der Waals surface area contributed by atoms with Crippen LogP contribution in [0, 0.1) is 19.3 Å². The average Bonchev–Trinajstić information content (AvgIpc) is 2.54. The summed E-state index contributed by atoms with van der Waals surface area (Å²) in [5, 5.41) is 9.52. The van der Waals surface area contributed by atoms with Crippen LogP contribution in [0.15, 0.2) is 42.5 Å². The maximum atomic E-state index is 9.52. The number of aliphatic hydroxyl groups is 1. The fourth-order valence-electron chi connectivity index (χ4n) is 2.67. The number of aryl methyl sites for hydroxylation is 2. The van der Waals surface area contributed by atoms with Crippen molar-refractivity contribution in [2.24, 2.45) is 11.1 Å². The largest absolute Gasteiger partial charge is 0.488 e. The SMILES string of the molecule is Cc1cc([C@@H](N)C(C)(C)CO)cc(C)c1OCc1ccccc1. The van der Waals surface area contributed by atoms with Crippen molar-refractivity contribution in [2.45, 2.75) is 40.3 Å². The molecule has 3 N–H and O–H groups in total. The molecular weight excluding hydrogens is 286 g/mol. The summed E-state index contributed by atoms with van der Waals surface area (Å²) in [6.07, 6.45) is 0. The Hall–Kier alpha value is -1.84. The fraction of sp³-hybridized carbons (Fsp3) is 0.400. The van der Waals surface area contributed by atoms with Crippen LogP contribution in [-0.2, 0) is 6.61 Å². The van der Waals surface area contributed by atoms with Crippen LogP contribution in [0.4, 0.5) is 0 Å². The third kappa shape index (κ3) is 4.12. The van der Waals surface area contributed by atoms with E-state index >= 15 is 0 Å². The summed E-state index contributed by atoms with van der Waals surface area (Å²) < 4.78 is 6.01. The smallest absolute Gasteiger partial charge is 0.125 e. The lowest BCUT2D eigenvalue weighted by Crippen LogP contribution is -2.32. The van der Waals surface area contributed by atoms with Gasteiger partial charge in [0.25, 0.3) is 0 Å². The number of ether oxygens (including phenoxy) is 1. The van der Waals surface area contributed by atoms with Crippen molar-refractivity contribution >= 4 is 0 Å². The van der Waals surface area contributed by atoms with Crippen molar-refractivity contribution in [3.63, 3.8) is 0 Å². The predicted molar refractivity (Wildman–Crippen MR) is 94.5 cm³/mol. The van der Waals surface area contributed by atoms with E-state index in [0.29, 0.717) is 6.61 Å². The van der Waals surface area contributed by atoms with Crippen molar-refractivity contribution in [1.82, 2.24) is 0 Å². The maximum absolute atomic E-state index is 9.52. The van der Waals surface area contributed by atoms with E-state index in [4.69, 9.17) is 10.5 Å². The molecule has 0 saturated carbocycles. The lowest BCUT2D eigenvalue weighted by atomic mass is 9.81. The zero-order chi connectivity index (χ0) is 17.0. The standard InChI is InChI=1S/C20H27NO2/c1-14-10-17(19(21)20(3,4)13-22)11-15(2)18(14)23-12-16-8-6-5-7-9-16/h5-11,19,22H,12-13,21H2,1-4H3/t19-/m1/s1. The third-order valence-electron chi connectivity index (χ3n) is 4.32. The van der Waals surface area contributed by atoms with E-state index in [1.807, 2.05) is 45.9 Å². The van der Waals surface area contributed by atoms with Gasteiger partial charge in [0.2, 0.25) is 0 Å². The van der Waals surface area contributed by atoms with E-state index in [2.05, 4.69) is 24.3 Å². The third-order valence-corrected chi connectivity index (χ3v) is 4.32.